The number of piperidine rings is 1. The predicted octanol–water partition coefficient (Wildman–Crippen LogP) is 5.75. The van der Waals surface area contributed by atoms with E-state index in [4.69, 9.17) is 21.1 Å². The molecule has 154 valence electrons. The fraction of sp³-hybridized carbons (Fsp3) is 0.409. The minimum absolute atomic E-state index is 0.204. The molecule has 0 saturated carbocycles. The molecule has 4 rings (SSSR count). The molecule has 5 nitrogen and oxygen atoms in total. The zero-order valence-corrected chi connectivity index (χ0v) is 18.3. The molecule has 0 spiro atoms. The Kier molecular flexibility index (Phi) is 6.01. The number of nitrogens with zero attached hydrogens (tertiary/aromatic N) is 2. The molecule has 2 aromatic heterocycles. The third-order valence-corrected chi connectivity index (χ3v) is 6.75. The van der Waals surface area contributed by atoms with Crippen LogP contribution in [0.1, 0.15) is 36.1 Å². The van der Waals surface area contributed by atoms with E-state index in [9.17, 15) is 4.79 Å². The summed E-state index contributed by atoms with van der Waals surface area (Å²) in [6.45, 7) is 4.50. The second kappa shape index (κ2) is 8.67. The summed E-state index contributed by atoms with van der Waals surface area (Å²) < 4.78 is 13.7. The molecular weight excluding hydrogens is 408 g/mol. The van der Waals surface area contributed by atoms with Gasteiger partial charge in [0.25, 0.3) is 0 Å². The van der Waals surface area contributed by atoms with E-state index >= 15 is 0 Å². The monoisotopic (exact) mass is 432 g/mol. The van der Waals surface area contributed by atoms with Crippen LogP contribution in [0, 0.1) is 0 Å². The third kappa shape index (κ3) is 4.23. The van der Waals surface area contributed by atoms with Gasteiger partial charge in [-0.25, -0.2) is 4.79 Å². The van der Waals surface area contributed by atoms with Crippen molar-refractivity contribution in [2.24, 2.45) is 0 Å². The number of hydrogen-bond acceptors (Lipinski definition) is 4. The molecule has 1 aliphatic heterocycles. The van der Waals surface area contributed by atoms with Crippen LogP contribution in [0.2, 0.25) is 4.34 Å². The van der Waals surface area contributed by atoms with Crippen molar-refractivity contribution in [1.29, 1.82) is 0 Å². The zero-order valence-electron chi connectivity index (χ0n) is 16.7. The number of amides is 1. The lowest BCUT2D eigenvalue weighted by molar-refractivity contribution is 0.0971. The van der Waals surface area contributed by atoms with Gasteiger partial charge in [0.15, 0.2) is 0 Å². The SMILES string of the molecule is CCOC(=O)N1CCC(c2cn(Cc3ccc(Cl)s3)c3ccc(OC)cc23)CC1. The van der Waals surface area contributed by atoms with Gasteiger partial charge in [-0.1, -0.05) is 11.6 Å². The molecule has 1 amide bonds. The Hall–Kier alpha value is -2.18. The summed E-state index contributed by atoms with van der Waals surface area (Å²) in [6, 6.07) is 10.3. The number of methoxy groups -OCH3 is 1. The number of carbonyl (C=O) groups is 1. The number of likely N-dealkylation sites (tertiary alicyclic amines) is 1. The highest BCUT2D eigenvalue weighted by Gasteiger charge is 2.27. The zero-order chi connectivity index (χ0) is 20.4. The first-order valence-corrected chi connectivity index (χ1v) is 11.1. The first-order chi connectivity index (χ1) is 14.1. The average Bonchev–Trinajstić information content (AvgIpc) is 3.31. The highest BCUT2D eigenvalue weighted by molar-refractivity contribution is 7.16. The van der Waals surface area contributed by atoms with Crippen LogP contribution in [0.3, 0.4) is 0 Å². The molecule has 0 bridgehead atoms. The quantitative estimate of drug-likeness (QED) is 0.515. The van der Waals surface area contributed by atoms with E-state index in [-0.39, 0.29) is 6.09 Å². The summed E-state index contributed by atoms with van der Waals surface area (Å²) in [7, 11) is 1.70. The molecule has 1 saturated heterocycles. The van der Waals surface area contributed by atoms with Crippen molar-refractivity contribution in [2.45, 2.75) is 32.2 Å². The van der Waals surface area contributed by atoms with Crippen LogP contribution < -0.4 is 4.74 Å². The number of halogens is 1. The van der Waals surface area contributed by atoms with Crippen molar-refractivity contribution in [1.82, 2.24) is 9.47 Å². The molecule has 7 heteroatoms. The minimum Gasteiger partial charge on any atom is -0.497 e. The fourth-order valence-corrected chi connectivity index (χ4v) is 5.17. The van der Waals surface area contributed by atoms with Crippen molar-refractivity contribution in [3.05, 3.63) is 51.3 Å². The molecule has 29 heavy (non-hydrogen) atoms. The number of ether oxygens (including phenoxy) is 2. The van der Waals surface area contributed by atoms with E-state index in [0.717, 1.165) is 42.6 Å². The Morgan fingerprint density at radius 2 is 2.03 bits per heavy atom. The lowest BCUT2D eigenvalue weighted by atomic mass is 9.89. The molecule has 0 atom stereocenters. The molecular formula is C22H25ClN2O3S. The highest BCUT2D eigenvalue weighted by atomic mass is 35.5. The van der Waals surface area contributed by atoms with Gasteiger partial charge in [-0.3, -0.25) is 0 Å². The lowest BCUT2D eigenvalue weighted by Crippen LogP contribution is -2.38. The van der Waals surface area contributed by atoms with Crippen LogP contribution in [0.15, 0.2) is 36.5 Å². The first kappa shape index (κ1) is 20.1. The number of hydrogen-bond donors (Lipinski definition) is 0. The Balaban J connectivity index is 1.62. The van der Waals surface area contributed by atoms with Gasteiger partial charge in [0.05, 0.1) is 24.6 Å². The van der Waals surface area contributed by atoms with Gasteiger partial charge in [-0.05, 0) is 61.6 Å². The van der Waals surface area contributed by atoms with E-state index in [2.05, 4.69) is 29.0 Å². The van der Waals surface area contributed by atoms with Crippen molar-refractivity contribution in [3.63, 3.8) is 0 Å². The van der Waals surface area contributed by atoms with Crippen LogP contribution in [0.4, 0.5) is 4.79 Å². The molecule has 0 radical (unpaired) electrons. The molecule has 1 fully saturated rings. The first-order valence-electron chi connectivity index (χ1n) is 9.91. The van der Waals surface area contributed by atoms with E-state index in [1.165, 1.54) is 21.3 Å². The molecule has 3 heterocycles. The largest absolute Gasteiger partial charge is 0.497 e. The Morgan fingerprint density at radius 1 is 1.24 bits per heavy atom. The summed E-state index contributed by atoms with van der Waals surface area (Å²) in [4.78, 5) is 15.1. The third-order valence-electron chi connectivity index (χ3n) is 5.53. The van der Waals surface area contributed by atoms with E-state index in [1.807, 2.05) is 24.0 Å². The van der Waals surface area contributed by atoms with Crippen LogP contribution in [-0.2, 0) is 11.3 Å². The molecule has 1 aromatic carbocycles. The maximum absolute atomic E-state index is 12.0. The smallest absolute Gasteiger partial charge is 0.409 e. The predicted molar refractivity (Wildman–Crippen MR) is 117 cm³/mol. The summed E-state index contributed by atoms with van der Waals surface area (Å²) in [5.41, 5.74) is 2.52. The van der Waals surface area contributed by atoms with Crippen LogP contribution in [0.25, 0.3) is 10.9 Å². The number of benzene rings is 1. The minimum atomic E-state index is -0.204. The van der Waals surface area contributed by atoms with Crippen molar-refractivity contribution >= 4 is 39.9 Å². The molecule has 0 N–H and O–H groups in total. The maximum atomic E-state index is 12.0. The van der Waals surface area contributed by atoms with Crippen molar-refractivity contribution < 1.29 is 14.3 Å². The second-order valence-electron chi connectivity index (χ2n) is 7.26. The molecule has 0 aliphatic carbocycles. The van der Waals surface area contributed by atoms with E-state index in [0.29, 0.717) is 12.5 Å². The standard InChI is InChI=1S/C22H25ClN2O3S/c1-3-28-22(26)24-10-8-15(9-11-24)19-14-25(13-17-5-7-21(23)29-17)20-6-4-16(27-2)12-18(19)20/h4-7,12,14-15H,3,8-11,13H2,1-2H3. The van der Waals surface area contributed by atoms with Gasteiger partial charge in [0.2, 0.25) is 0 Å². The van der Waals surface area contributed by atoms with Crippen molar-refractivity contribution in [3.8, 4) is 5.75 Å². The normalized spacial score (nSPS) is 15.1. The topological polar surface area (TPSA) is 43.7 Å². The van der Waals surface area contributed by atoms with Gasteiger partial charge in [-0.2, -0.15) is 0 Å². The average molecular weight is 433 g/mol. The number of aromatic nitrogens is 1. The van der Waals surface area contributed by atoms with E-state index < -0.39 is 0 Å². The molecule has 3 aromatic rings. The van der Waals surface area contributed by atoms with Gasteiger partial charge >= 0.3 is 6.09 Å². The van der Waals surface area contributed by atoms with E-state index in [1.54, 1.807) is 18.4 Å². The summed E-state index contributed by atoms with van der Waals surface area (Å²) in [5, 5.41) is 1.22. The summed E-state index contributed by atoms with van der Waals surface area (Å²) >= 11 is 7.74. The highest BCUT2D eigenvalue weighted by Crippen LogP contribution is 2.37. The Bertz CT molecular complexity index is 1000. The second-order valence-corrected chi connectivity index (χ2v) is 9.06. The molecule has 0 unspecified atom stereocenters. The van der Waals surface area contributed by atoms with Crippen LogP contribution >= 0.6 is 22.9 Å². The summed E-state index contributed by atoms with van der Waals surface area (Å²) in [6.07, 6.45) is 3.92. The van der Waals surface area contributed by atoms with Gasteiger partial charge in [-0.15, -0.1) is 11.3 Å². The van der Waals surface area contributed by atoms with Crippen molar-refractivity contribution in [2.75, 3.05) is 26.8 Å². The number of rotatable bonds is 5. The Morgan fingerprint density at radius 3 is 2.69 bits per heavy atom. The van der Waals surface area contributed by atoms with Gasteiger partial charge in [0.1, 0.15) is 5.75 Å². The van der Waals surface area contributed by atoms with Crippen LogP contribution in [-0.4, -0.2) is 42.4 Å². The van der Waals surface area contributed by atoms with Crippen LogP contribution in [0.5, 0.6) is 5.75 Å². The number of carbonyl (C=O) groups excluding carboxylic acids is 1. The van der Waals surface area contributed by atoms with Gasteiger partial charge < -0.3 is 18.9 Å². The Labute approximate surface area is 179 Å². The maximum Gasteiger partial charge on any atom is 0.409 e. The summed E-state index contributed by atoms with van der Waals surface area (Å²) in [5.74, 6) is 1.27. The number of thiophene rings is 1. The lowest BCUT2D eigenvalue weighted by Gasteiger charge is -2.31. The number of fused-ring (bicyclic) bond motifs is 1. The van der Waals surface area contributed by atoms with Gasteiger partial charge in [0, 0.05) is 35.1 Å². The fourth-order valence-electron chi connectivity index (χ4n) is 4.08. The molecule has 1 aliphatic rings.